The van der Waals surface area contributed by atoms with Gasteiger partial charge in [0, 0.05) is 17.8 Å². The van der Waals surface area contributed by atoms with Gasteiger partial charge in [0.1, 0.15) is 5.82 Å². The SMILES string of the molecule is CSc1nc(C)c(CCC(=O)NC(c2nc3ccccc3[nH]2)C(C)C)c(C)n1. The Morgan fingerprint density at radius 1 is 1.14 bits per heavy atom. The third-order valence-corrected chi connectivity index (χ3v) is 5.42. The fourth-order valence-electron chi connectivity index (χ4n) is 3.32. The van der Waals surface area contributed by atoms with Crippen LogP contribution in [0.15, 0.2) is 29.4 Å². The van der Waals surface area contributed by atoms with Gasteiger partial charge in [0.15, 0.2) is 5.16 Å². The molecular weight excluding hydrogens is 370 g/mol. The van der Waals surface area contributed by atoms with Crippen molar-refractivity contribution in [3.63, 3.8) is 0 Å². The third-order valence-electron chi connectivity index (χ3n) is 4.87. The van der Waals surface area contributed by atoms with Crippen LogP contribution < -0.4 is 5.32 Å². The number of carbonyl (C=O) groups excluding carboxylic acids is 1. The molecule has 1 amide bonds. The van der Waals surface area contributed by atoms with E-state index in [2.05, 4.69) is 39.1 Å². The molecule has 1 unspecified atom stereocenters. The standard InChI is InChI=1S/C21H27N5OS/c1-12(2)19(20-24-16-8-6-7-9-17(16)25-20)26-18(27)11-10-15-13(3)22-21(28-5)23-14(15)4/h6-9,12,19H,10-11H2,1-5H3,(H,24,25)(H,26,27). The zero-order valence-electron chi connectivity index (χ0n) is 17.0. The number of nitrogens with one attached hydrogen (secondary N) is 2. The Bertz CT molecular complexity index is 926. The molecule has 0 aliphatic carbocycles. The number of imidazole rings is 1. The van der Waals surface area contributed by atoms with Gasteiger partial charge in [-0.1, -0.05) is 37.7 Å². The average Bonchev–Trinajstić information content (AvgIpc) is 3.08. The number of aromatic amines is 1. The maximum atomic E-state index is 12.7. The van der Waals surface area contributed by atoms with E-state index in [0.717, 1.165) is 39.0 Å². The van der Waals surface area contributed by atoms with Gasteiger partial charge in [-0.25, -0.2) is 15.0 Å². The Hall–Kier alpha value is -2.41. The summed E-state index contributed by atoms with van der Waals surface area (Å²) in [6, 6.07) is 7.75. The molecule has 2 aromatic heterocycles. The number of benzene rings is 1. The van der Waals surface area contributed by atoms with Crippen LogP contribution in [0.25, 0.3) is 11.0 Å². The van der Waals surface area contributed by atoms with Crippen molar-refractivity contribution >= 4 is 28.7 Å². The van der Waals surface area contributed by atoms with E-state index in [0.29, 0.717) is 12.8 Å². The summed E-state index contributed by atoms with van der Waals surface area (Å²) in [7, 11) is 0. The van der Waals surface area contributed by atoms with Gasteiger partial charge in [0.25, 0.3) is 0 Å². The lowest BCUT2D eigenvalue weighted by molar-refractivity contribution is -0.122. The van der Waals surface area contributed by atoms with E-state index in [1.165, 1.54) is 11.8 Å². The summed E-state index contributed by atoms with van der Waals surface area (Å²) in [5.41, 5.74) is 4.84. The second kappa shape index (κ2) is 8.73. The molecule has 6 nitrogen and oxygen atoms in total. The van der Waals surface area contributed by atoms with Crippen molar-refractivity contribution in [3.05, 3.63) is 47.0 Å². The number of amides is 1. The molecule has 3 aromatic rings. The van der Waals surface area contributed by atoms with Crippen LogP contribution in [0.3, 0.4) is 0 Å². The van der Waals surface area contributed by atoms with Gasteiger partial charge >= 0.3 is 0 Å². The maximum absolute atomic E-state index is 12.7. The van der Waals surface area contributed by atoms with Crippen LogP contribution in [-0.2, 0) is 11.2 Å². The van der Waals surface area contributed by atoms with Crippen LogP contribution in [-0.4, -0.2) is 32.1 Å². The molecule has 0 saturated carbocycles. The molecule has 0 bridgehead atoms. The van der Waals surface area contributed by atoms with E-state index < -0.39 is 0 Å². The van der Waals surface area contributed by atoms with Gasteiger partial charge in [-0.3, -0.25) is 4.79 Å². The Kier molecular flexibility index (Phi) is 6.34. The highest BCUT2D eigenvalue weighted by atomic mass is 32.2. The van der Waals surface area contributed by atoms with E-state index >= 15 is 0 Å². The number of aryl methyl sites for hydroxylation is 2. The van der Waals surface area contributed by atoms with Crippen LogP contribution in [0.4, 0.5) is 0 Å². The Morgan fingerprint density at radius 2 is 1.82 bits per heavy atom. The molecule has 148 valence electrons. The molecule has 0 aliphatic heterocycles. The minimum absolute atomic E-state index is 0.00639. The van der Waals surface area contributed by atoms with Crippen LogP contribution in [0.5, 0.6) is 0 Å². The normalized spacial score (nSPS) is 12.5. The molecular formula is C21H27N5OS. The van der Waals surface area contributed by atoms with Crippen molar-refractivity contribution in [2.24, 2.45) is 5.92 Å². The third kappa shape index (κ3) is 4.52. The van der Waals surface area contributed by atoms with Crippen molar-refractivity contribution in [2.75, 3.05) is 6.26 Å². The predicted octanol–water partition coefficient (Wildman–Crippen LogP) is 4.14. The molecule has 28 heavy (non-hydrogen) atoms. The lowest BCUT2D eigenvalue weighted by Crippen LogP contribution is -2.32. The zero-order chi connectivity index (χ0) is 20.3. The smallest absolute Gasteiger partial charge is 0.220 e. The number of H-pyrrole nitrogens is 1. The monoisotopic (exact) mass is 397 g/mol. The first-order chi connectivity index (χ1) is 13.4. The molecule has 2 heterocycles. The molecule has 1 aromatic carbocycles. The zero-order valence-corrected chi connectivity index (χ0v) is 17.9. The number of carbonyl (C=O) groups is 1. The lowest BCUT2D eigenvalue weighted by atomic mass is 10.0. The van der Waals surface area contributed by atoms with E-state index in [9.17, 15) is 4.79 Å². The van der Waals surface area contributed by atoms with Crippen LogP contribution in [0.2, 0.25) is 0 Å². The number of aromatic nitrogens is 4. The first-order valence-corrected chi connectivity index (χ1v) is 10.7. The van der Waals surface area contributed by atoms with Gasteiger partial charge in [0.2, 0.25) is 5.91 Å². The van der Waals surface area contributed by atoms with Gasteiger partial charge in [-0.2, -0.15) is 0 Å². The van der Waals surface area contributed by atoms with Gasteiger partial charge in [0.05, 0.1) is 17.1 Å². The molecule has 1 atom stereocenters. The number of rotatable bonds is 7. The maximum Gasteiger partial charge on any atom is 0.220 e. The van der Waals surface area contributed by atoms with E-state index in [-0.39, 0.29) is 17.9 Å². The first-order valence-electron chi connectivity index (χ1n) is 9.51. The molecule has 0 saturated heterocycles. The molecule has 0 radical (unpaired) electrons. The molecule has 0 spiro atoms. The predicted molar refractivity (Wildman–Crippen MR) is 113 cm³/mol. The van der Waals surface area contributed by atoms with Crippen molar-refractivity contribution in [1.82, 2.24) is 25.3 Å². The second-order valence-electron chi connectivity index (χ2n) is 7.29. The van der Waals surface area contributed by atoms with Crippen molar-refractivity contribution in [2.45, 2.75) is 51.7 Å². The Labute approximate surface area is 170 Å². The summed E-state index contributed by atoms with van der Waals surface area (Å²) in [6.45, 7) is 8.13. The fraction of sp³-hybridized carbons (Fsp3) is 0.429. The number of hydrogen-bond acceptors (Lipinski definition) is 5. The summed E-state index contributed by atoms with van der Waals surface area (Å²) in [6.07, 6.45) is 2.99. The molecule has 2 N–H and O–H groups in total. The van der Waals surface area contributed by atoms with E-state index in [4.69, 9.17) is 0 Å². The number of para-hydroxylation sites is 2. The topological polar surface area (TPSA) is 83.6 Å². The summed E-state index contributed by atoms with van der Waals surface area (Å²) in [5, 5.41) is 3.92. The minimum atomic E-state index is -0.155. The van der Waals surface area contributed by atoms with Gasteiger partial charge in [-0.15, -0.1) is 0 Å². The molecule has 0 fully saturated rings. The van der Waals surface area contributed by atoms with Crippen LogP contribution in [0, 0.1) is 19.8 Å². The van der Waals surface area contributed by atoms with E-state index in [1.807, 2.05) is 44.4 Å². The van der Waals surface area contributed by atoms with Crippen LogP contribution >= 0.6 is 11.8 Å². The summed E-state index contributed by atoms with van der Waals surface area (Å²) < 4.78 is 0. The highest BCUT2D eigenvalue weighted by molar-refractivity contribution is 7.98. The van der Waals surface area contributed by atoms with Crippen molar-refractivity contribution < 1.29 is 4.79 Å². The van der Waals surface area contributed by atoms with Crippen molar-refractivity contribution in [1.29, 1.82) is 0 Å². The van der Waals surface area contributed by atoms with E-state index in [1.54, 1.807) is 0 Å². The fourth-order valence-corrected chi connectivity index (χ4v) is 3.77. The lowest BCUT2D eigenvalue weighted by Gasteiger charge is -2.20. The largest absolute Gasteiger partial charge is 0.346 e. The summed E-state index contributed by atoms with van der Waals surface area (Å²) >= 11 is 1.53. The number of hydrogen-bond donors (Lipinski definition) is 2. The highest BCUT2D eigenvalue weighted by Gasteiger charge is 2.22. The van der Waals surface area contributed by atoms with Gasteiger partial charge in [-0.05, 0) is 50.1 Å². The molecule has 0 aliphatic rings. The summed E-state index contributed by atoms with van der Waals surface area (Å²) in [5.74, 6) is 1.02. The quantitative estimate of drug-likeness (QED) is 0.462. The Balaban J connectivity index is 1.70. The number of nitrogens with zero attached hydrogens (tertiary/aromatic N) is 3. The van der Waals surface area contributed by atoms with Gasteiger partial charge < -0.3 is 10.3 Å². The average molecular weight is 398 g/mol. The van der Waals surface area contributed by atoms with Crippen molar-refractivity contribution in [3.8, 4) is 0 Å². The highest BCUT2D eigenvalue weighted by Crippen LogP contribution is 2.23. The second-order valence-corrected chi connectivity index (χ2v) is 8.06. The molecule has 3 rings (SSSR count). The minimum Gasteiger partial charge on any atom is -0.346 e. The number of fused-ring (bicyclic) bond motifs is 1. The molecule has 7 heteroatoms. The summed E-state index contributed by atoms with van der Waals surface area (Å²) in [4.78, 5) is 29.7. The first kappa shape index (κ1) is 20.3. The number of thioether (sulfide) groups is 1. The Morgan fingerprint density at radius 3 is 2.43 bits per heavy atom. The van der Waals surface area contributed by atoms with Crippen LogP contribution in [0.1, 0.15) is 49.1 Å².